The van der Waals surface area contributed by atoms with Crippen molar-refractivity contribution in [3.05, 3.63) is 50.4 Å². The summed E-state index contributed by atoms with van der Waals surface area (Å²) in [4.78, 5) is 4.53. The summed E-state index contributed by atoms with van der Waals surface area (Å²) in [5.74, 6) is 0. The van der Waals surface area contributed by atoms with Crippen LogP contribution in [0, 0.1) is 6.92 Å². The molecule has 1 aromatic carbocycles. The van der Waals surface area contributed by atoms with Crippen LogP contribution in [0.25, 0.3) is 0 Å². The van der Waals surface area contributed by atoms with Gasteiger partial charge in [-0.2, -0.15) is 0 Å². The molecule has 96 valence electrons. The van der Waals surface area contributed by atoms with Crippen molar-refractivity contribution in [1.82, 2.24) is 10.3 Å². The van der Waals surface area contributed by atoms with E-state index < -0.39 is 0 Å². The van der Waals surface area contributed by atoms with E-state index in [9.17, 15) is 0 Å². The second kappa shape index (κ2) is 6.45. The molecule has 2 nitrogen and oxygen atoms in total. The molecule has 0 spiro atoms. The minimum atomic E-state index is 0.435. The quantitative estimate of drug-likeness (QED) is 0.909. The van der Waals surface area contributed by atoms with Crippen LogP contribution in [0.3, 0.4) is 0 Å². The summed E-state index contributed by atoms with van der Waals surface area (Å²) >= 11 is 5.26. The highest BCUT2D eigenvalue weighted by Gasteiger charge is 2.10. The van der Waals surface area contributed by atoms with Crippen molar-refractivity contribution in [2.45, 2.75) is 25.8 Å². The Morgan fingerprint density at radius 1 is 1.39 bits per heavy atom. The van der Waals surface area contributed by atoms with Crippen molar-refractivity contribution in [3.8, 4) is 0 Å². The summed E-state index contributed by atoms with van der Waals surface area (Å²) in [6.07, 6.45) is 2.01. The van der Waals surface area contributed by atoms with Gasteiger partial charge in [-0.25, -0.2) is 4.98 Å². The standard InChI is InChI=1S/C14H17BrN2S/c1-10-9-18-14(17-10)8-13(16-2)7-11-4-3-5-12(15)6-11/h3-6,9,13,16H,7-8H2,1-2H3. The van der Waals surface area contributed by atoms with Crippen LogP contribution in [-0.2, 0) is 12.8 Å². The molecule has 0 bridgehead atoms. The first-order chi connectivity index (χ1) is 8.67. The maximum absolute atomic E-state index is 4.53. The second-order valence-corrected chi connectivity index (χ2v) is 6.26. The molecule has 18 heavy (non-hydrogen) atoms. The van der Waals surface area contributed by atoms with Crippen LogP contribution >= 0.6 is 27.3 Å². The summed E-state index contributed by atoms with van der Waals surface area (Å²) in [7, 11) is 2.02. The zero-order valence-corrected chi connectivity index (χ0v) is 13.0. The predicted octanol–water partition coefficient (Wildman–Crippen LogP) is 3.59. The third kappa shape index (κ3) is 3.90. The summed E-state index contributed by atoms with van der Waals surface area (Å²) in [5.41, 5.74) is 2.46. The predicted molar refractivity (Wildman–Crippen MR) is 81.2 cm³/mol. The zero-order chi connectivity index (χ0) is 13.0. The van der Waals surface area contributed by atoms with Crippen LogP contribution in [0.2, 0.25) is 0 Å². The van der Waals surface area contributed by atoms with Crippen molar-refractivity contribution in [1.29, 1.82) is 0 Å². The Morgan fingerprint density at radius 3 is 2.83 bits per heavy atom. The van der Waals surface area contributed by atoms with Gasteiger partial charge >= 0.3 is 0 Å². The fraction of sp³-hybridized carbons (Fsp3) is 0.357. The molecule has 0 fully saturated rings. The van der Waals surface area contributed by atoms with Gasteiger partial charge in [-0.1, -0.05) is 28.1 Å². The lowest BCUT2D eigenvalue weighted by Crippen LogP contribution is -2.29. The zero-order valence-electron chi connectivity index (χ0n) is 10.6. The SMILES string of the molecule is CNC(Cc1cccc(Br)c1)Cc1nc(C)cs1. The average molecular weight is 325 g/mol. The van der Waals surface area contributed by atoms with E-state index in [2.05, 4.69) is 55.9 Å². The van der Waals surface area contributed by atoms with Gasteiger partial charge in [0.05, 0.1) is 5.01 Å². The molecule has 0 radical (unpaired) electrons. The lowest BCUT2D eigenvalue weighted by molar-refractivity contribution is 0.555. The Bertz CT molecular complexity index is 510. The molecule has 4 heteroatoms. The van der Waals surface area contributed by atoms with Gasteiger partial charge < -0.3 is 5.32 Å². The van der Waals surface area contributed by atoms with Crippen LogP contribution in [-0.4, -0.2) is 18.1 Å². The van der Waals surface area contributed by atoms with Crippen molar-refractivity contribution < 1.29 is 0 Å². The molecular formula is C14H17BrN2S. The molecule has 0 aliphatic carbocycles. The first-order valence-corrected chi connectivity index (χ1v) is 7.67. The van der Waals surface area contributed by atoms with Gasteiger partial charge in [-0.3, -0.25) is 0 Å². The third-order valence-corrected chi connectivity index (χ3v) is 4.35. The van der Waals surface area contributed by atoms with Gasteiger partial charge in [0.25, 0.3) is 0 Å². The topological polar surface area (TPSA) is 24.9 Å². The molecule has 0 saturated carbocycles. The molecule has 1 N–H and O–H groups in total. The lowest BCUT2D eigenvalue weighted by atomic mass is 10.0. The molecule has 2 rings (SSSR count). The molecule has 2 aromatic rings. The number of aromatic nitrogens is 1. The molecule has 0 amide bonds. The first kappa shape index (κ1) is 13.7. The second-order valence-electron chi connectivity index (χ2n) is 4.41. The normalized spacial score (nSPS) is 12.6. The Kier molecular flexibility index (Phi) is 4.92. The lowest BCUT2D eigenvalue weighted by Gasteiger charge is -2.15. The van der Waals surface area contributed by atoms with Crippen molar-refractivity contribution in [3.63, 3.8) is 0 Å². The van der Waals surface area contributed by atoms with E-state index in [1.165, 1.54) is 10.6 Å². The minimum absolute atomic E-state index is 0.435. The average Bonchev–Trinajstić information content (AvgIpc) is 2.74. The van der Waals surface area contributed by atoms with Gasteiger partial charge in [0.1, 0.15) is 0 Å². The van der Waals surface area contributed by atoms with E-state index in [1.807, 2.05) is 14.0 Å². The molecule has 1 aromatic heterocycles. The highest BCUT2D eigenvalue weighted by molar-refractivity contribution is 9.10. The molecular weight excluding hydrogens is 308 g/mol. The van der Waals surface area contributed by atoms with Crippen molar-refractivity contribution >= 4 is 27.3 Å². The number of likely N-dealkylation sites (N-methyl/N-ethyl adjacent to an activating group) is 1. The first-order valence-electron chi connectivity index (χ1n) is 6.00. The van der Waals surface area contributed by atoms with Crippen LogP contribution in [0.1, 0.15) is 16.3 Å². The number of hydrogen-bond donors (Lipinski definition) is 1. The number of benzene rings is 1. The summed E-state index contributed by atoms with van der Waals surface area (Å²) in [6, 6.07) is 8.92. The number of rotatable bonds is 5. The van der Waals surface area contributed by atoms with Crippen LogP contribution in [0.4, 0.5) is 0 Å². The van der Waals surface area contributed by atoms with Gasteiger partial charge in [0, 0.05) is 28.0 Å². The van der Waals surface area contributed by atoms with Gasteiger partial charge in [-0.15, -0.1) is 11.3 Å². The molecule has 1 atom stereocenters. The van der Waals surface area contributed by atoms with E-state index in [-0.39, 0.29) is 0 Å². The Balaban J connectivity index is 2.01. The summed E-state index contributed by atoms with van der Waals surface area (Å²) in [5, 5.41) is 6.70. The van der Waals surface area contributed by atoms with E-state index in [0.717, 1.165) is 23.0 Å². The molecule has 1 unspecified atom stereocenters. The number of aryl methyl sites for hydroxylation is 1. The third-order valence-electron chi connectivity index (χ3n) is 2.87. The van der Waals surface area contributed by atoms with Crippen LogP contribution in [0.5, 0.6) is 0 Å². The summed E-state index contributed by atoms with van der Waals surface area (Å²) < 4.78 is 1.14. The Morgan fingerprint density at radius 2 is 2.22 bits per heavy atom. The van der Waals surface area contributed by atoms with Gasteiger partial charge in [0.15, 0.2) is 0 Å². The monoisotopic (exact) mass is 324 g/mol. The fourth-order valence-corrected chi connectivity index (χ4v) is 3.23. The number of nitrogens with one attached hydrogen (secondary N) is 1. The van der Waals surface area contributed by atoms with E-state index in [1.54, 1.807) is 11.3 Å². The molecule has 0 aliphatic heterocycles. The number of thiazole rings is 1. The van der Waals surface area contributed by atoms with E-state index in [0.29, 0.717) is 6.04 Å². The Labute approximate surface area is 121 Å². The van der Waals surface area contributed by atoms with Gasteiger partial charge in [0.2, 0.25) is 0 Å². The molecule has 1 heterocycles. The largest absolute Gasteiger partial charge is 0.316 e. The number of hydrogen-bond acceptors (Lipinski definition) is 3. The number of nitrogens with zero attached hydrogens (tertiary/aromatic N) is 1. The summed E-state index contributed by atoms with van der Waals surface area (Å²) in [6.45, 7) is 2.04. The highest BCUT2D eigenvalue weighted by Crippen LogP contribution is 2.16. The maximum atomic E-state index is 4.53. The van der Waals surface area contributed by atoms with Crippen LogP contribution in [0.15, 0.2) is 34.1 Å². The molecule has 0 aliphatic rings. The van der Waals surface area contributed by atoms with E-state index >= 15 is 0 Å². The fourth-order valence-electron chi connectivity index (χ4n) is 1.93. The van der Waals surface area contributed by atoms with Gasteiger partial charge in [-0.05, 0) is 38.1 Å². The molecule has 0 saturated heterocycles. The number of halogens is 1. The van der Waals surface area contributed by atoms with Crippen molar-refractivity contribution in [2.24, 2.45) is 0 Å². The van der Waals surface area contributed by atoms with E-state index in [4.69, 9.17) is 0 Å². The smallest absolute Gasteiger partial charge is 0.0943 e. The van der Waals surface area contributed by atoms with Crippen molar-refractivity contribution in [2.75, 3.05) is 7.05 Å². The maximum Gasteiger partial charge on any atom is 0.0943 e. The minimum Gasteiger partial charge on any atom is -0.316 e. The highest BCUT2D eigenvalue weighted by atomic mass is 79.9. The Hall–Kier alpha value is -0.710. The van der Waals surface area contributed by atoms with Crippen LogP contribution < -0.4 is 5.32 Å².